The number of hydrogen-bond donors (Lipinski definition) is 1. The van der Waals surface area contributed by atoms with Crippen LogP contribution in [0.2, 0.25) is 0 Å². The van der Waals surface area contributed by atoms with Gasteiger partial charge in [-0.15, -0.1) is 0 Å². The molecule has 0 heterocycles. The second-order valence-corrected chi connectivity index (χ2v) is 7.02. The SMILES string of the molecule is C=CC(=O)OC(C)CP(=O)(O)OCC[N+](C)(C)C. The van der Waals surface area contributed by atoms with Crippen molar-refractivity contribution in [3.05, 3.63) is 12.7 Å². The van der Waals surface area contributed by atoms with Gasteiger partial charge in [-0.3, -0.25) is 4.57 Å². The van der Waals surface area contributed by atoms with Crippen LogP contribution < -0.4 is 0 Å². The minimum absolute atomic E-state index is 0.180. The Morgan fingerprint density at radius 2 is 2.06 bits per heavy atom. The zero-order chi connectivity index (χ0) is 14.4. The summed E-state index contributed by atoms with van der Waals surface area (Å²) in [6, 6.07) is 0. The molecule has 1 N–H and O–H groups in total. The summed E-state index contributed by atoms with van der Waals surface area (Å²) < 4.78 is 22.1. The monoisotopic (exact) mass is 280 g/mol. The Morgan fingerprint density at radius 1 is 1.50 bits per heavy atom. The van der Waals surface area contributed by atoms with Gasteiger partial charge in [-0.2, -0.15) is 0 Å². The number of esters is 1. The first-order chi connectivity index (χ1) is 8.06. The number of quaternary nitrogens is 1. The summed E-state index contributed by atoms with van der Waals surface area (Å²) in [6.45, 7) is 5.58. The molecule has 6 nitrogen and oxygen atoms in total. The van der Waals surface area contributed by atoms with Crippen LogP contribution in [0.15, 0.2) is 12.7 Å². The lowest BCUT2D eigenvalue weighted by molar-refractivity contribution is -0.870. The molecule has 0 aliphatic heterocycles. The van der Waals surface area contributed by atoms with Crippen LogP contribution in [0.25, 0.3) is 0 Å². The molecule has 7 heteroatoms. The Hall–Kier alpha value is -0.680. The van der Waals surface area contributed by atoms with Crippen molar-refractivity contribution in [2.24, 2.45) is 0 Å². The molecule has 0 radical (unpaired) electrons. The van der Waals surface area contributed by atoms with E-state index in [0.717, 1.165) is 6.08 Å². The van der Waals surface area contributed by atoms with Crippen LogP contribution in [0.5, 0.6) is 0 Å². The van der Waals surface area contributed by atoms with Crippen LogP contribution in [0.3, 0.4) is 0 Å². The molecule has 0 aromatic rings. The van der Waals surface area contributed by atoms with Crippen molar-refractivity contribution in [2.75, 3.05) is 40.5 Å². The number of ether oxygens (including phenoxy) is 1. The van der Waals surface area contributed by atoms with E-state index in [2.05, 4.69) is 6.58 Å². The van der Waals surface area contributed by atoms with Gasteiger partial charge >= 0.3 is 13.6 Å². The lowest BCUT2D eigenvalue weighted by Gasteiger charge is -2.24. The van der Waals surface area contributed by atoms with Gasteiger partial charge in [-0.25, -0.2) is 4.79 Å². The van der Waals surface area contributed by atoms with E-state index in [-0.39, 0.29) is 12.8 Å². The first-order valence-electron chi connectivity index (χ1n) is 5.65. The van der Waals surface area contributed by atoms with Gasteiger partial charge in [0.25, 0.3) is 0 Å². The van der Waals surface area contributed by atoms with Crippen molar-refractivity contribution in [2.45, 2.75) is 13.0 Å². The summed E-state index contributed by atoms with van der Waals surface area (Å²) in [7, 11) is 2.15. The molecule has 106 valence electrons. The molecular formula is C11H23NO5P+. The van der Waals surface area contributed by atoms with Crippen molar-refractivity contribution >= 4 is 13.6 Å². The summed E-state index contributed by atoms with van der Waals surface area (Å²) in [5.74, 6) is -0.617. The Kier molecular flexibility index (Phi) is 6.78. The van der Waals surface area contributed by atoms with Gasteiger partial charge in [0.15, 0.2) is 0 Å². The highest BCUT2D eigenvalue weighted by Crippen LogP contribution is 2.42. The molecular weight excluding hydrogens is 257 g/mol. The molecule has 0 fully saturated rings. The maximum absolute atomic E-state index is 11.7. The first-order valence-corrected chi connectivity index (χ1v) is 7.42. The second-order valence-electron chi connectivity index (χ2n) is 5.12. The van der Waals surface area contributed by atoms with Gasteiger partial charge in [0.05, 0.1) is 27.3 Å². The van der Waals surface area contributed by atoms with E-state index in [0.29, 0.717) is 11.0 Å². The molecule has 0 aliphatic carbocycles. The molecule has 0 aliphatic rings. The van der Waals surface area contributed by atoms with Crippen molar-refractivity contribution in [3.8, 4) is 0 Å². The summed E-state index contributed by atoms with van der Waals surface area (Å²) in [5.41, 5.74) is 0. The highest BCUT2D eigenvalue weighted by molar-refractivity contribution is 7.52. The van der Waals surface area contributed by atoms with Crippen LogP contribution in [0, 0.1) is 0 Å². The molecule has 0 rings (SSSR count). The van der Waals surface area contributed by atoms with Crippen molar-refractivity contribution in [1.82, 2.24) is 0 Å². The summed E-state index contributed by atoms with van der Waals surface area (Å²) in [6.07, 6.45) is 0.107. The van der Waals surface area contributed by atoms with E-state index in [1.165, 1.54) is 6.92 Å². The fourth-order valence-corrected chi connectivity index (χ4v) is 2.32. The number of likely N-dealkylation sites (N-methyl/N-ethyl adjacent to an activating group) is 1. The molecule has 0 saturated heterocycles. The van der Waals surface area contributed by atoms with Gasteiger partial charge in [0, 0.05) is 6.08 Å². The maximum atomic E-state index is 11.7. The van der Waals surface area contributed by atoms with E-state index in [9.17, 15) is 14.3 Å². The largest absolute Gasteiger partial charge is 0.459 e. The smallest absolute Gasteiger partial charge is 0.332 e. The predicted molar refractivity (Wildman–Crippen MR) is 69.3 cm³/mol. The fraction of sp³-hybridized carbons (Fsp3) is 0.727. The number of hydrogen-bond acceptors (Lipinski definition) is 4. The molecule has 0 spiro atoms. The quantitative estimate of drug-likeness (QED) is 0.311. The zero-order valence-corrected chi connectivity index (χ0v) is 12.4. The van der Waals surface area contributed by atoms with Crippen molar-refractivity contribution < 1.29 is 28.0 Å². The molecule has 0 aromatic carbocycles. The number of nitrogens with zero attached hydrogens (tertiary/aromatic N) is 1. The van der Waals surface area contributed by atoms with Crippen molar-refractivity contribution in [3.63, 3.8) is 0 Å². The number of rotatable bonds is 8. The van der Waals surface area contributed by atoms with E-state index in [4.69, 9.17) is 9.26 Å². The van der Waals surface area contributed by atoms with Crippen molar-refractivity contribution in [1.29, 1.82) is 0 Å². The Bertz CT molecular complexity index is 337. The standard InChI is InChI=1S/C11H22NO5P/c1-6-11(13)17-10(2)9-18(14,15)16-8-7-12(3,4)5/h6,10H,1,7-9H2,2-5H3/p+1. The molecule has 18 heavy (non-hydrogen) atoms. The Balaban J connectivity index is 4.10. The third kappa shape index (κ3) is 9.36. The molecule has 0 amide bonds. The zero-order valence-electron chi connectivity index (χ0n) is 11.5. The van der Waals surface area contributed by atoms with Crippen LogP contribution in [0.1, 0.15) is 6.92 Å². The summed E-state index contributed by atoms with van der Waals surface area (Å²) in [5, 5.41) is 0. The molecule has 2 atom stereocenters. The summed E-state index contributed by atoms with van der Waals surface area (Å²) in [4.78, 5) is 20.5. The van der Waals surface area contributed by atoms with Gasteiger partial charge in [0.2, 0.25) is 0 Å². The van der Waals surface area contributed by atoms with Crippen LogP contribution in [-0.4, -0.2) is 61.9 Å². The van der Waals surface area contributed by atoms with E-state index in [1.807, 2.05) is 21.1 Å². The average Bonchev–Trinajstić information content (AvgIpc) is 2.13. The summed E-state index contributed by atoms with van der Waals surface area (Å²) >= 11 is 0. The Labute approximate surface area is 108 Å². The highest BCUT2D eigenvalue weighted by Gasteiger charge is 2.25. The van der Waals surface area contributed by atoms with Gasteiger partial charge < -0.3 is 18.6 Å². The van der Waals surface area contributed by atoms with Crippen LogP contribution in [-0.2, 0) is 18.6 Å². The molecule has 0 aromatic heterocycles. The predicted octanol–water partition coefficient (Wildman–Crippen LogP) is 1.01. The minimum Gasteiger partial charge on any atom is -0.459 e. The molecule has 0 saturated carbocycles. The third-order valence-electron chi connectivity index (χ3n) is 2.03. The minimum atomic E-state index is -3.72. The van der Waals surface area contributed by atoms with Crippen LogP contribution >= 0.6 is 7.60 Å². The number of carbonyl (C=O) groups excluding carboxylic acids is 1. The lowest BCUT2D eigenvalue weighted by Crippen LogP contribution is -2.37. The van der Waals surface area contributed by atoms with Gasteiger partial charge in [-0.05, 0) is 6.92 Å². The molecule has 2 unspecified atom stereocenters. The topological polar surface area (TPSA) is 72.8 Å². The van der Waals surface area contributed by atoms with Crippen LogP contribution in [0.4, 0.5) is 0 Å². The fourth-order valence-electron chi connectivity index (χ4n) is 1.12. The second kappa shape index (κ2) is 7.04. The third-order valence-corrected chi connectivity index (χ3v) is 3.59. The first kappa shape index (κ1) is 17.3. The van der Waals surface area contributed by atoms with E-state index < -0.39 is 19.7 Å². The molecule has 0 bridgehead atoms. The maximum Gasteiger partial charge on any atom is 0.332 e. The average molecular weight is 280 g/mol. The highest BCUT2D eigenvalue weighted by atomic mass is 31.2. The number of carbonyl (C=O) groups is 1. The van der Waals surface area contributed by atoms with Gasteiger partial charge in [0.1, 0.15) is 19.3 Å². The lowest BCUT2D eigenvalue weighted by atomic mass is 10.5. The van der Waals surface area contributed by atoms with E-state index >= 15 is 0 Å². The van der Waals surface area contributed by atoms with Gasteiger partial charge in [-0.1, -0.05) is 6.58 Å². The normalized spacial score (nSPS) is 16.7. The van der Waals surface area contributed by atoms with E-state index in [1.54, 1.807) is 0 Å². The Morgan fingerprint density at radius 3 is 2.50 bits per heavy atom.